The van der Waals surface area contributed by atoms with E-state index < -0.39 is 18.0 Å². The molecule has 0 saturated heterocycles. The van der Waals surface area contributed by atoms with Crippen LogP contribution < -0.4 is 4.90 Å². The molecule has 5 heteroatoms. The van der Waals surface area contributed by atoms with Crippen molar-refractivity contribution in [2.24, 2.45) is 0 Å². The number of likely N-dealkylation sites (N-methyl/N-ethyl adjacent to an activating group) is 1. The van der Waals surface area contributed by atoms with Crippen molar-refractivity contribution >= 4 is 5.69 Å². The van der Waals surface area contributed by atoms with Crippen molar-refractivity contribution in [3.05, 3.63) is 29.6 Å². The van der Waals surface area contributed by atoms with Crippen LogP contribution in [0.15, 0.2) is 18.2 Å². The zero-order valence-corrected chi connectivity index (χ0v) is 10.9. The molecule has 0 fully saturated rings. The molecule has 2 atom stereocenters. The highest BCUT2D eigenvalue weighted by molar-refractivity contribution is 5.48. The number of aliphatic hydroxyl groups is 2. The van der Waals surface area contributed by atoms with Gasteiger partial charge in [-0.15, -0.1) is 0 Å². The molecular formula is C13H20FNO3. The highest BCUT2D eigenvalue weighted by Gasteiger charge is 2.13. The highest BCUT2D eigenvalue weighted by Crippen LogP contribution is 2.22. The van der Waals surface area contributed by atoms with Crippen LogP contribution in [0.2, 0.25) is 0 Å². The summed E-state index contributed by atoms with van der Waals surface area (Å²) >= 11 is 0. The van der Waals surface area contributed by atoms with E-state index in [4.69, 9.17) is 4.74 Å². The molecule has 0 amide bonds. The van der Waals surface area contributed by atoms with Crippen LogP contribution in [0.1, 0.15) is 18.6 Å². The van der Waals surface area contributed by atoms with Crippen molar-refractivity contribution in [1.82, 2.24) is 0 Å². The molecule has 0 aromatic heterocycles. The number of aliphatic hydroxyl groups excluding tert-OH is 2. The predicted octanol–water partition coefficient (Wildman–Crippen LogP) is 1.32. The summed E-state index contributed by atoms with van der Waals surface area (Å²) in [5, 5.41) is 18.9. The Balaban J connectivity index is 2.77. The second-order valence-electron chi connectivity index (χ2n) is 4.38. The molecule has 0 heterocycles. The van der Waals surface area contributed by atoms with Crippen LogP contribution in [0.3, 0.4) is 0 Å². The third kappa shape index (κ3) is 3.94. The maximum atomic E-state index is 13.8. The van der Waals surface area contributed by atoms with Crippen molar-refractivity contribution in [1.29, 1.82) is 0 Å². The molecule has 102 valence electrons. The van der Waals surface area contributed by atoms with E-state index in [1.54, 1.807) is 31.0 Å². The number of nitrogens with zero attached hydrogens (tertiary/aromatic N) is 1. The monoisotopic (exact) mass is 257 g/mol. The second-order valence-corrected chi connectivity index (χ2v) is 4.38. The molecule has 0 bridgehead atoms. The normalized spacial score (nSPS) is 14.3. The summed E-state index contributed by atoms with van der Waals surface area (Å²) in [6.07, 6.45) is -1.37. The molecule has 0 saturated carbocycles. The van der Waals surface area contributed by atoms with Gasteiger partial charge in [-0.05, 0) is 24.6 Å². The average Bonchev–Trinajstić information content (AvgIpc) is 2.28. The third-order valence-electron chi connectivity index (χ3n) is 2.71. The van der Waals surface area contributed by atoms with Gasteiger partial charge in [0.05, 0.1) is 24.5 Å². The first kappa shape index (κ1) is 14.9. The van der Waals surface area contributed by atoms with Gasteiger partial charge in [0, 0.05) is 20.7 Å². The number of hydrogen-bond donors (Lipinski definition) is 2. The largest absolute Gasteiger partial charge is 0.389 e. The van der Waals surface area contributed by atoms with Gasteiger partial charge in [-0.1, -0.05) is 6.07 Å². The first-order valence-electron chi connectivity index (χ1n) is 5.81. The van der Waals surface area contributed by atoms with Crippen LogP contribution in [-0.4, -0.2) is 43.6 Å². The Morgan fingerprint density at radius 3 is 2.56 bits per heavy atom. The molecule has 0 spiro atoms. The van der Waals surface area contributed by atoms with E-state index in [1.165, 1.54) is 13.2 Å². The molecule has 2 unspecified atom stereocenters. The fourth-order valence-electron chi connectivity index (χ4n) is 1.75. The minimum absolute atomic E-state index is 0.206. The number of anilines is 1. The van der Waals surface area contributed by atoms with Crippen molar-refractivity contribution in [2.75, 3.05) is 32.2 Å². The molecular weight excluding hydrogens is 237 g/mol. The molecule has 1 rings (SSSR count). The standard InChI is InChI=1S/C13H20FNO3/c1-9(16)10-4-5-13(12(14)6-10)15(2)7-11(17)8-18-3/h4-6,9,11,16-17H,7-8H2,1-3H3. The summed E-state index contributed by atoms with van der Waals surface area (Å²) in [4.78, 5) is 1.62. The lowest BCUT2D eigenvalue weighted by atomic mass is 10.1. The summed E-state index contributed by atoms with van der Waals surface area (Å²) in [6.45, 7) is 2.07. The van der Waals surface area contributed by atoms with Gasteiger partial charge in [0.15, 0.2) is 0 Å². The molecule has 18 heavy (non-hydrogen) atoms. The topological polar surface area (TPSA) is 52.9 Å². The van der Waals surface area contributed by atoms with Crippen molar-refractivity contribution in [3.8, 4) is 0 Å². The number of benzene rings is 1. The first-order valence-corrected chi connectivity index (χ1v) is 5.81. The number of methoxy groups -OCH3 is 1. The summed E-state index contributed by atoms with van der Waals surface area (Å²) in [5.74, 6) is -0.416. The van der Waals surface area contributed by atoms with Gasteiger partial charge in [0.2, 0.25) is 0 Å². The molecule has 0 aliphatic heterocycles. The van der Waals surface area contributed by atoms with E-state index in [2.05, 4.69) is 0 Å². The van der Waals surface area contributed by atoms with Gasteiger partial charge in [-0.2, -0.15) is 0 Å². The van der Waals surface area contributed by atoms with Crippen LogP contribution in [0, 0.1) is 5.82 Å². The van der Waals surface area contributed by atoms with Crippen molar-refractivity contribution in [2.45, 2.75) is 19.1 Å². The Morgan fingerprint density at radius 1 is 1.39 bits per heavy atom. The molecule has 4 nitrogen and oxygen atoms in total. The van der Waals surface area contributed by atoms with Crippen LogP contribution in [-0.2, 0) is 4.74 Å². The first-order chi connectivity index (χ1) is 8.45. The maximum absolute atomic E-state index is 13.8. The number of rotatable bonds is 6. The SMILES string of the molecule is COCC(O)CN(C)c1ccc(C(C)O)cc1F. The Morgan fingerprint density at radius 2 is 2.06 bits per heavy atom. The van der Waals surface area contributed by atoms with Crippen LogP contribution in [0.25, 0.3) is 0 Å². The lowest BCUT2D eigenvalue weighted by molar-refractivity contribution is 0.0694. The van der Waals surface area contributed by atoms with Gasteiger partial charge in [0.1, 0.15) is 5.82 Å². The van der Waals surface area contributed by atoms with Gasteiger partial charge in [0.25, 0.3) is 0 Å². The van der Waals surface area contributed by atoms with Gasteiger partial charge >= 0.3 is 0 Å². The molecule has 0 aliphatic carbocycles. The van der Waals surface area contributed by atoms with Crippen molar-refractivity contribution < 1.29 is 19.3 Å². The Kier molecular flexibility index (Phi) is 5.53. The van der Waals surface area contributed by atoms with Gasteiger partial charge < -0.3 is 19.8 Å². The van der Waals surface area contributed by atoms with Crippen LogP contribution >= 0.6 is 0 Å². The van der Waals surface area contributed by atoms with Crippen LogP contribution in [0.4, 0.5) is 10.1 Å². The van der Waals surface area contributed by atoms with E-state index in [1.807, 2.05) is 0 Å². The molecule has 1 aromatic rings. The minimum Gasteiger partial charge on any atom is -0.389 e. The van der Waals surface area contributed by atoms with E-state index in [0.717, 1.165) is 0 Å². The summed E-state index contributed by atoms with van der Waals surface area (Å²) < 4.78 is 18.6. The van der Waals surface area contributed by atoms with E-state index in [-0.39, 0.29) is 13.2 Å². The second kappa shape index (κ2) is 6.68. The smallest absolute Gasteiger partial charge is 0.146 e. The molecule has 1 aromatic carbocycles. The quantitative estimate of drug-likeness (QED) is 0.807. The Bertz CT molecular complexity index is 384. The number of ether oxygens (including phenoxy) is 1. The van der Waals surface area contributed by atoms with Crippen LogP contribution in [0.5, 0.6) is 0 Å². The van der Waals surface area contributed by atoms with E-state index in [0.29, 0.717) is 11.3 Å². The van der Waals surface area contributed by atoms with E-state index >= 15 is 0 Å². The lowest BCUT2D eigenvalue weighted by Gasteiger charge is -2.23. The predicted molar refractivity (Wildman–Crippen MR) is 68.2 cm³/mol. The van der Waals surface area contributed by atoms with Crippen molar-refractivity contribution in [3.63, 3.8) is 0 Å². The highest BCUT2D eigenvalue weighted by atomic mass is 19.1. The average molecular weight is 257 g/mol. The molecule has 0 radical (unpaired) electrons. The van der Waals surface area contributed by atoms with Gasteiger partial charge in [-0.25, -0.2) is 4.39 Å². The molecule has 2 N–H and O–H groups in total. The number of halogens is 1. The summed E-state index contributed by atoms with van der Waals surface area (Å²) in [5.41, 5.74) is 0.914. The zero-order valence-electron chi connectivity index (χ0n) is 10.9. The third-order valence-corrected chi connectivity index (χ3v) is 2.71. The van der Waals surface area contributed by atoms with Gasteiger partial charge in [-0.3, -0.25) is 0 Å². The Hall–Kier alpha value is -1.17. The minimum atomic E-state index is -0.696. The summed E-state index contributed by atoms with van der Waals surface area (Å²) in [6, 6.07) is 4.57. The zero-order chi connectivity index (χ0) is 13.7. The fourth-order valence-corrected chi connectivity index (χ4v) is 1.75. The maximum Gasteiger partial charge on any atom is 0.146 e. The fraction of sp³-hybridized carbons (Fsp3) is 0.538. The number of hydrogen-bond acceptors (Lipinski definition) is 4. The lowest BCUT2D eigenvalue weighted by Crippen LogP contribution is -2.32. The Labute approximate surface area is 107 Å². The molecule has 0 aliphatic rings. The summed E-state index contributed by atoms with van der Waals surface area (Å²) in [7, 11) is 3.20. The van der Waals surface area contributed by atoms with E-state index in [9.17, 15) is 14.6 Å².